The summed E-state index contributed by atoms with van der Waals surface area (Å²) in [6, 6.07) is 4.02. The Bertz CT molecular complexity index is 745. The average molecular weight is 422 g/mol. The number of hydrogen-bond donors (Lipinski definition) is 0. The first-order chi connectivity index (χ1) is 14.5. The summed E-state index contributed by atoms with van der Waals surface area (Å²) in [4.78, 5) is 28.7. The van der Waals surface area contributed by atoms with Crippen LogP contribution in [0.5, 0.6) is 5.75 Å². The minimum atomic E-state index is -0.633. The molecule has 0 unspecified atom stereocenters. The minimum Gasteiger partial charge on any atom is -0.486 e. The van der Waals surface area contributed by atoms with E-state index in [1.807, 2.05) is 0 Å². The third-order valence-corrected chi connectivity index (χ3v) is 5.88. The Balaban J connectivity index is 1.39. The highest BCUT2D eigenvalue weighted by molar-refractivity contribution is 6.00. The highest BCUT2D eigenvalue weighted by atomic mass is 19.1. The normalized spacial score (nSPS) is 17.7. The van der Waals surface area contributed by atoms with Crippen molar-refractivity contribution < 1.29 is 28.2 Å². The molecule has 2 aliphatic rings. The summed E-state index contributed by atoms with van der Waals surface area (Å²) in [7, 11) is 0. The molecule has 0 radical (unpaired) electrons. The number of Topliss-reactive ketones (excluding diaryl/α,β-unsaturated/α-hetero) is 1. The zero-order valence-electron chi connectivity index (χ0n) is 17.8. The fourth-order valence-electron chi connectivity index (χ4n) is 3.96. The topological polar surface area (TPSA) is 68.3 Å². The van der Waals surface area contributed by atoms with E-state index in [0.29, 0.717) is 50.5 Å². The maximum absolute atomic E-state index is 13.4. The van der Waals surface area contributed by atoms with Gasteiger partial charge in [0.15, 0.2) is 5.78 Å². The summed E-state index contributed by atoms with van der Waals surface area (Å²) in [5, 5.41) is 0. The molecule has 1 saturated heterocycles. The smallest absolute Gasteiger partial charge is 0.409 e. The van der Waals surface area contributed by atoms with E-state index < -0.39 is 11.4 Å². The van der Waals surface area contributed by atoms with Gasteiger partial charge in [0.2, 0.25) is 0 Å². The maximum Gasteiger partial charge on any atom is 0.409 e. The van der Waals surface area contributed by atoms with E-state index in [9.17, 15) is 14.0 Å². The summed E-state index contributed by atoms with van der Waals surface area (Å²) in [6.07, 6.45) is 0.893. The number of ether oxygens (including phenoxy) is 3. The number of halogens is 1. The Morgan fingerprint density at radius 3 is 2.63 bits per heavy atom. The molecule has 0 bridgehead atoms. The van der Waals surface area contributed by atoms with Crippen molar-refractivity contribution >= 4 is 11.9 Å². The van der Waals surface area contributed by atoms with Gasteiger partial charge in [-0.05, 0) is 31.3 Å². The molecule has 2 heterocycles. The molecule has 1 aromatic rings. The molecule has 0 aliphatic carbocycles. The van der Waals surface area contributed by atoms with Crippen molar-refractivity contribution in [3.8, 4) is 5.75 Å². The van der Waals surface area contributed by atoms with E-state index in [0.717, 1.165) is 19.6 Å². The standard InChI is InChI=1S/C22H31FN2O5/c1-3-24(4-2)11-12-28-13-14-29-21(27)25-9-7-22(8-10-25)16-19(26)18-15-17(23)5-6-20(18)30-22/h5-6,15H,3-4,7-14,16H2,1-2H3. The Morgan fingerprint density at radius 1 is 1.20 bits per heavy atom. The molecule has 1 spiro atoms. The molecule has 1 amide bonds. The van der Waals surface area contributed by atoms with Gasteiger partial charge in [0.25, 0.3) is 0 Å². The van der Waals surface area contributed by atoms with Gasteiger partial charge in [0, 0.05) is 32.5 Å². The van der Waals surface area contributed by atoms with Crippen molar-refractivity contribution in [3.05, 3.63) is 29.6 Å². The van der Waals surface area contributed by atoms with Crippen LogP contribution >= 0.6 is 0 Å². The number of ketones is 1. The number of likely N-dealkylation sites (N-methyl/N-ethyl adjacent to an activating group) is 1. The maximum atomic E-state index is 13.4. The van der Waals surface area contributed by atoms with Crippen LogP contribution < -0.4 is 4.74 Å². The Hall–Kier alpha value is -2.19. The van der Waals surface area contributed by atoms with Gasteiger partial charge in [-0.15, -0.1) is 0 Å². The summed E-state index contributed by atoms with van der Waals surface area (Å²) >= 11 is 0. The lowest BCUT2D eigenvalue weighted by Crippen LogP contribution is -2.52. The molecule has 0 saturated carbocycles. The van der Waals surface area contributed by atoms with Crippen LogP contribution in [0, 0.1) is 5.82 Å². The lowest BCUT2D eigenvalue weighted by Gasteiger charge is -2.43. The van der Waals surface area contributed by atoms with Gasteiger partial charge in [0.1, 0.15) is 23.8 Å². The van der Waals surface area contributed by atoms with Crippen LogP contribution in [-0.4, -0.2) is 79.8 Å². The van der Waals surface area contributed by atoms with E-state index in [1.54, 1.807) is 4.90 Å². The lowest BCUT2D eigenvalue weighted by molar-refractivity contribution is -0.0124. The number of rotatable bonds is 8. The van der Waals surface area contributed by atoms with Gasteiger partial charge >= 0.3 is 6.09 Å². The summed E-state index contributed by atoms with van der Waals surface area (Å²) in [6.45, 7) is 9.17. The number of nitrogens with zero attached hydrogens (tertiary/aromatic N) is 2. The number of carbonyl (C=O) groups is 2. The minimum absolute atomic E-state index is 0.117. The molecule has 2 aliphatic heterocycles. The molecule has 7 nitrogen and oxygen atoms in total. The number of carbonyl (C=O) groups excluding carboxylic acids is 2. The third-order valence-electron chi connectivity index (χ3n) is 5.88. The van der Waals surface area contributed by atoms with Gasteiger partial charge < -0.3 is 24.0 Å². The van der Waals surface area contributed by atoms with Gasteiger partial charge in [-0.25, -0.2) is 9.18 Å². The Labute approximate surface area is 177 Å². The highest BCUT2D eigenvalue weighted by Gasteiger charge is 2.44. The van der Waals surface area contributed by atoms with Crippen LogP contribution in [0.1, 0.15) is 43.5 Å². The first-order valence-corrected chi connectivity index (χ1v) is 10.7. The molecule has 1 aromatic carbocycles. The molecule has 30 heavy (non-hydrogen) atoms. The molecule has 0 N–H and O–H groups in total. The van der Waals surface area contributed by atoms with Crippen molar-refractivity contribution in [2.45, 2.75) is 38.7 Å². The lowest BCUT2D eigenvalue weighted by atomic mass is 9.82. The molecule has 0 aromatic heterocycles. The van der Waals surface area contributed by atoms with Crippen molar-refractivity contribution in [1.29, 1.82) is 0 Å². The summed E-state index contributed by atoms with van der Waals surface area (Å²) in [5.74, 6) is -0.143. The largest absolute Gasteiger partial charge is 0.486 e. The number of fused-ring (bicyclic) bond motifs is 1. The number of hydrogen-bond acceptors (Lipinski definition) is 6. The molecular weight excluding hydrogens is 391 g/mol. The zero-order chi connectivity index (χ0) is 21.6. The third kappa shape index (κ3) is 5.49. The van der Waals surface area contributed by atoms with E-state index in [-0.39, 0.29) is 24.9 Å². The quantitative estimate of drug-likeness (QED) is 0.600. The van der Waals surface area contributed by atoms with Gasteiger partial charge in [0.05, 0.1) is 25.2 Å². The molecule has 1 fully saturated rings. The van der Waals surface area contributed by atoms with Gasteiger partial charge in [-0.3, -0.25) is 4.79 Å². The highest BCUT2D eigenvalue weighted by Crippen LogP contribution is 2.39. The Kier molecular flexibility index (Phi) is 7.66. The van der Waals surface area contributed by atoms with Crippen LogP contribution in [0.25, 0.3) is 0 Å². The Morgan fingerprint density at radius 2 is 1.93 bits per heavy atom. The molecule has 166 valence electrons. The second-order valence-electron chi connectivity index (χ2n) is 7.77. The van der Waals surface area contributed by atoms with Crippen LogP contribution in [0.2, 0.25) is 0 Å². The number of likely N-dealkylation sites (tertiary alicyclic amines) is 1. The second-order valence-corrected chi connectivity index (χ2v) is 7.77. The van der Waals surface area contributed by atoms with E-state index in [2.05, 4.69) is 18.7 Å². The van der Waals surface area contributed by atoms with Crippen LogP contribution in [-0.2, 0) is 9.47 Å². The average Bonchev–Trinajstić information content (AvgIpc) is 2.74. The zero-order valence-corrected chi connectivity index (χ0v) is 17.8. The number of piperidine rings is 1. The summed E-state index contributed by atoms with van der Waals surface area (Å²) in [5.41, 5.74) is -0.338. The molecule has 3 rings (SSSR count). The van der Waals surface area contributed by atoms with Gasteiger partial charge in [-0.1, -0.05) is 13.8 Å². The molecule has 8 heteroatoms. The van der Waals surface area contributed by atoms with Crippen molar-refractivity contribution in [1.82, 2.24) is 9.80 Å². The number of benzene rings is 1. The van der Waals surface area contributed by atoms with Crippen LogP contribution in [0.4, 0.5) is 9.18 Å². The van der Waals surface area contributed by atoms with Crippen molar-refractivity contribution in [3.63, 3.8) is 0 Å². The second kappa shape index (κ2) is 10.2. The summed E-state index contributed by atoms with van der Waals surface area (Å²) < 4.78 is 30.3. The van der Waals surface area contributed by atoms with Crippen molar-refractivity contribution in [2.24, 2.45) is 0 Å². The monoisotopic (exact) mass is 422 g/mol. The predicted molar refractivity (Wildman–Crippen MR) is 109 cm³/mol. The number of amides is 1. The van der Waals surface area contributed by atoms with Gasteiger partial charge in [-0.2, -0.15) is 0 Å². The fourth-order valence-corrected chi connectivity index (χ4v) is 3.96. The van der Waals surface area contributed by atoms with Crippen LogP contribution in [0.15, 0.2) is 18.2 Å². The van der Waals surface area contributed by atoms with E-state index >= 15 is 0 Å². The fraction of sp³-hybridized carbons (Fsp3) is 0.636. The SMILES string of the molecule is CCN(CC)CCOCCOC(=O)N1CCC2(CC1)CC(=O)c1cc(F)ccc1O2. The predicted octanol–water partition coefficient (Wildman–Crippen LogP) is 3.12. The first-order valence-electron chi connectivity index (χ1n) is 10.7. The molecular formula is C22H31FN2O5. The molecule has 0 atom stereocenters. The van der Waals surface area contributed by atoms with Crippen molar-refractivity contribution in [2.75, 3.05) is 52.5 Å². The first kappa shape index (κ1) is 22.5. The van der Waals surface area contributed by atoms with E-state index in [4.69, 9.17) is 14.2 Å². The van der Waals surface area contributed by atoms with Crippen LogP contribution in [0.3, 0.4) is 0 Å². The van der Waals surface area contributed by atoms with E-state index in [1.165, 1.54) is 18.2 Å².